The number of rotatable bonds is 3. The molecule has 1 atom stereocenters. The van der Waals surface area contributed by atoms with Gasteiger partial charge in [0.2, 0.25) is 0 Å². The molecule has 6 heteroatoms. The minimum atomic E-state index is -0.301. The third-order valence-electron chi connectivity index (χ3n) is 3.28. The highest BCUT2D eigenvalue weighted by Crippen LogP contribution is 2.25. The summed E-state index contributed by atoms with van der Waals surface area (Å²) in [5.41, 5.74) is 1.22. The van der Waals surface area contributed by atoms with Gasteiger partial charge in [0.1, 0.15) is 0 Å². The number of benzene rings is 2. The molecule has 0 unspecified atom stereocenters. The average molecular weight is 386 g/mol. The summed E-state index contributed by atoms with van der Waals surface area (Å²) in [6.45, 7) is 1.79. The molecule has 0 aliphatic heterocycles. The normalized spacial score (nSPS) is 12.0. The van der Waals surface area contributed by atoms with Gasteiger partial charge in [0.15, 0.2) is 5.16 Å². The van der Waals surface area contributed by atoms with Crippen LogP contribution in [0.4, 0.5) is 0 Å². The Kier molecular flexibility index (Phi) is 4.51. The van der Waals surface area contributed by atoms with Crippen LogP contribution in [0.2, 0.25) is 0 Å². The SMILES string of the molecule is C[C@H](C#N)Sc1nc2ccc(Br)cc2c(=O)n1-c1ccccc1. The molecule has 0 spiro atoms. The van der Waals surface area contributed by atoms with Crippen LogP contribution in [0.25, 0.3) is 16.6 Å². The van der Waals surface area contributed by atoms with Crippen LogP contribution >= 0.6 is 27.7 Å². The summed E-state index contributed by atoms with van der Waals surface area (Å²) in [4.78, 5) is 17.6. The van der Waals surface area contributed by atoms with Crippen molar-refractivity contribution in [1.82, 2.24) is 9.55 Å². The fourth-order valence-corrected chi connectivity index (χ4v) is 3.38. The van der Waals surface area contributed by atoms with E-state index >= 15 is 0 Å². The maximum Gasteiger partial charge on any atom is 0.266 e. The third kappa shape index (κ3) is 3.16. The first-order valence-electron chi connectivity index (χ1n) is 6.94. The Labute approximate surface area is 145 Å². The van der Waals surface area contributed by atoms with E-state index in [1.165, 1.54) is 11.8 Å². The number of nitriles is 1. The zero-order valence-corrected chi connectivity index (χ0v) is 14.6. The topological polar surface area (TPSA) is 58.7 Å². The summed E-state index contributed by atoms with van der Waals surface area (Å²) in [5, 5.41) is 9.84. The van der Waals surface area contributed by atoms with Crippen LogP contribution in [0, 0.1) is 11.3 Å². The highest BCUT2D eigenvalue weighted by molar-refractivity contribution is 9.10. The highest BCUT2D eigenvalue weighted by Gasteiger charge is 2.15. The Morgan fingerprint density at radius 3 is 2.70 bits per heavy atom. The van der Waals surface area contributed by atoms with Crippen molar-refractivity contribution >= 4 is 38.6 Å². The first-order valence-corrected chi connectivity index (χ1v) is 8.61. The second kappa shape index (κ2) is 6.57. The highest BCUT2D eigenvalue weighted by atomic mass is 79.9. The minimum Gasteiger partial charge on any atom is -0.268 e. The van der Waals surface area contributed by atoms with Crippen molar-refractivity contribution in [2.75, 3.05) is 0 Å². The summed E-state index contributed by atoms with van der Waals surface area (Å²) < 4.78 is 2.39. The molecule has 0 aliphatic carbocycles. The summed E-state index contributed by atoms with van der Waals surface area (Å²) >= 11 is 4.67. The first kappa shape index (κ1) is 15.8. The number of halogens is 1. The van der Waals surface area contributed by atoms with E-state index in [-0.39, 0.29) is 10.8 Å². The van der Waals surface area contributed by atoms with Crippen LogP contribution in [0.3, 0.4) is 0 Å². The molecule has 4 nitrogen and oxygen atoms in total. The van der Waals surface area contributed by atoms with Gasteiger partial charge in [0, 0.05) is 4.47 Å². The molecule has 0 bridgehead atoms. The molecule has 0 saturated heterocycles. The monoisotopic (exact) mass is 385 g/mol. The lowest BCUT2D eigenvalue weighted by Crippen LogP contribution is -2.22. The predicted octanol–water partition coefficient (Wildman–Crippen LogP) is 4.15. The van der Waals surface area contributed by atoms with Crippen molar-refractivity contribution < 1.29 is 0 Å². The van der Waals surface area contributed by atoms with Crippen LogP contribution in [-0.2, 0) is 0 Å². The molecule has 1 aromatic heterocycles. The van der Waals surface area contributed by atoms with Crippen molar-refractivity contribution in [2.45, 2.75) is 17.3 Å². The number of para-hydroxylation sites is 1. The van der Waals surface area contributed by atoms with Crippen LogP contribution < -0.4 is 5.56 Å². The average Bonchev–Trinajstić information content (AvgIpc) is 2.56. The van der Waals surface area contributed by atoms with E-state index in [0.717, 1.165) is 10.2 Å². The lowest BCUT2D eigenvalue weighted by molar-refractivity contribution is 0.818. The Hall–Kier alpha value is -2.10. The van der Waals surface area contributed by atoms with Crippen molar-refractivity contribution in [3.8, 4) is 11.8 Å². The Morgan fingerprint density at radius 2 is 2.00 bits per heavy atom. The predicted molar refractivity (Wildman–Crippen MR) is 96.0 cm³/mol. The first-order chi connectivity index (χ1) is 11.1. The molecular formula is C17H12BrN3OS. The maximum atomic E-state index is 13.0. The molecular weight excluding hydrogens is 374 g/mol. The number of nitrogens with zero attached hydrogens (tertiary/aromatic N) is 3. The van der Waals surface area contributed by atoms with E-state index in [1.807, 2.05) is 36.4 Å². The van der Waals surface area contributed by atoms with Crippen LogP contribution in [-0.4, -0.2) is 14.8 Å². The lowest BCUT2D eigenvalue weighted by atomic mass is 10.2. The zero-order chi connectivity index (χ0) is 16.4. The number of hydrogen-bond acceptors (Lipinski definition) is 4. The van der Waals surface area contributed by atoms with Crippen molar-refractivity contribution in [3.05, 3.63) is 63.4 Å². The molecule has 3 aromatic rings. The van der Waals surface area contributed by atoms with E-state index in [1.54, 1.807) is 23.6 Å². The Balaban J connectivity index is 2.33. The van der Waals surface area contributed by atoms with Gasteiger partial charge in [-0.1, -0.05) is 45.9 Å². The third-order valence-corrected chi connectivity index (χ3v) is 4.71. The number of hydrogen-bond donors (Lipinski definition) is 0. The van der Waals surface area contributed by atoms with Gasteiger partial charge in [-0.05, 0) is 37.3 Å². The summed E-state index contributed by atoms with van der Waals surface area (Å²) in [6.07, 6.45) is 0. The van der Waals surface area contributed by atoms with Gasteiger partial charge in [0.05, 0.1) is 27.9 Å². The van der Waals surface area contributed by atoms with E-state index < -0.39 is 0 Å². The van der Waals surface area contributed by atoms with Crippen LogP contribution in [0.5, 0.6) is 0 Å². The summed E-state index contributed by atoms with van der Waals surface area (Å²) in [6, 6.07) is 16.9. The van der Waals surface area contributed by atoms with Gasteiger partial charge >= 0.3 is 0 Å². The Morgan fingerprint density at radius 1 is 1.26 bits per heavy atom. The zero-order valence-electron chi connectivity index (χ0n) is 12.2. The minimum absolute atomic E-state index is 0.143. The number of thioether (sulfide) groups is 1. The second-order valence-electron chi connectivity index (χ2n) is 4.92. The molecule has 0 fully saturated rings. The van der Waals surface area contributed by atoms with Gasteiger partial charge < -0.3 is 0 Å². The van der Waals surface area contributed by atoms with Gasteiger partial charge in [-0.3, -0.25) is 9.36 Å². The summed E-state index contributed by atoms with van der Waals surface area (Å²) in [5.74, 6) is 0. The van der Waals surface area contributed by atoms with E-state index in [0.29, 0.717) is 16.1 Å². The van der Waals surface area contributed by atoms with Crippen molar-refractivity contribution in [2.24, 2.45) is 0 Å². The number of aromatic nitrogens is 2. The lowest BCUT2D eigenvalue weighted by Gasteiger charge is -2.13. The van der Waals surface area contributed by atoms with E-state index in [2.05, 4.69) is 27.0 Å². The smallest absolute Gasteiger partial charge is 0.266 e. The van der Waals surface area contributed by atoms with Crippen LogP contribution in [0.15, 0.2) is 63.0 Å². The Bertz CT molecular complexity index is 963. The molecule has 114 valence electrons. The summed E-state index contributed by atoms with van der Waals surface area (Å²) in [7, 11) is 0. The molecule has 0 amide bonds. The van der Waals surface area contributed by atoms with Gasteiger partial charge in [-0.25, -0.2) is 4.98 Å². The fraction of sp³-hybridized carbons (Fsp3) is 0.118. The molecule has 3 rings (SSSR count). The molecule has 2 aromatic carbocycles. The molecule has 0 aliphatic rings. The van der Waals surface area contributed by atoms with Gasteiger partial charge in [-0.15, -0.1) is 0 Å². The van der Waals surface area contributed by atoms with E-state index in [4.69, 9.17) is 5.26 Å². The quantitative estimate of drug-likeness (QED) is 0.501. The molecule has 0 N–H and O–H groups in total. The number of fused-ring (bicyclic) bond motifs is 1. The largest absolute Gasteiger partial charge is 0.268 e. The molecule has 23 heavy (non-hydrogen) atoms. The van der Waals surface area contributed by atoms with E-state index in [9.17, 15) is 4.79 Å². The second-order valence-corrected chi connectivity index (χ2v) is 7.14. The standard InChI is InChI=1S/C17H12BrN3OS/c1-11(10-19)23-17-20-15-8-7-12(18)9-14(15)16(22)21(17)13-5-3-2-4-6-13/h2-9,11H,1H3/t11-/m1/s1. The molecule has 0 radical (unpaired) electrons. The fourth-order valence-electron chi connectivity index (χ4n) is 2.21. The van der Waals surface area contributed by atoms with Crippen molar-refractivity contribution in [1.29, 1.82) is 5.26 Å². The maximum absolute atomic E-state index is 13.0. The van der Waals surface area contributed by atoms with Gasteiger partial charge in [0.25, 0.3) is 5.56 Å². The van der Waals surface area contributed by atoms with Gasteiger partial charge in [-0.2, -0.15) is 5.26 Å². The van der Waals surface area contributed by atoms with Crippen LogP contribution in [0.1, 0.15) is 6.92 Å². The molecule has 0 saturated carbocycles. The van der Waals surface area contributed by atoms with Crippen molar-refractivity contribution in [3.63, 3.8) is 0 Å². The molecule has 1 heterocycles.